The van der Waals surface area contributed by atoms with Gasteiger partial charge < -0.3 is 15.2 Å². The first kappa shape index (κ1) is 20.0. The minimum absolute atomic E-state index is 0.0336. The second-order valence-corrected chi connectivity index (χ2v) is 6.56. The Bertz CT molecular complexity index is 753. The highest BCUT2D eigenvalue weighted by Crippen LogP contribution is 2.28. The van der Waals surface area contributed by atoms with E-state index < -0.39 is 0 Å². The molecular formula is C22H29NO3. The Balaban J connectivity index is 2.15. The fourth-order valence-electron chi connectivity index (χ4n) is 2.94. The van der Waals surface area contributed by atoms with Gasteiger partial charge in [-0.05, 0) is 80.1 Å². The quantitative estimate of drug-likeness (QED) is 0.687. The van der Waals surface area contributed by atoms with Gasteiger partial charge in [-0.15, -0.1) is 0 Å². The Labute approximate surface area is 156 Å². The number of rotatable bonds is 8. The van der Waals surface area contributed by atoms with Crippen molar-refractivity contribution >= 4 is 5.97 Å². The molecule has 0 saturated heterocycles. The third-order valence-corrected chi connectivity index (χ3v) is 4.30. The normalized spacial score (nSPS) is 11.9. The van der Waals surface area contributed by atoms with Crippen LogP contribution in [0.2, 0.25) is 0 Å². The summed E-state index contributed by atoms with van der Waals surface area (Å²) in [5.74, 6) is 1.43. The van der Waals surface area contributed by atoms with E-state index in [1.807, 2.05) is 51.1 Å². The van der Waals surface area contributed by atoms with Crippen LogP contribution < -0.4 is 10.5 Å². The number of carbonyl (C=O) groups is 1. The molecule has 26 heavy (non-hydrogen) atoms. The highest BCUT2D eigenvalue weighted by molar-refractivity contribution is 5.69. The maximum Gasteiger partial charge on any atom is 0.306 e. The molecule has 0 radical (unpaired) electrons. The number of carbonyl (C=O) groups excluding carboxylic acids is 1. The zero-order valence-electron chi connectivity index (χ0n) is 16.2. The molecule has 4 nitrogen and oxygen atoms in total. The second-order valence-electron chi connectivity index (χ2n) is 6.56. The van der Waals surface area contributed by atoms with Crippen molar-refractivity contribution in [3.8, 4) is 11.5 Å². The standard InChI is InChI=1S/C22H29NO3/c1-5-17-13-20(9-7-18(17)8-10-22(24)25-6-2)26-21-12-15(3)11-19(14-21)16(4)23/h7,9,11-14,16H,5-6,8,10,23H2,1-4H3/t16-/m1/s1. The smallest absolute Gasteiger partial charge is 0.306 e. The predicted octanol–water partition coefficient (Wildman–Crippen LogP) is 4.87. The molecule has 1 atom stereocenters. The number of benzene rings is 2. The lowest BCUT2D eigenvalue weighted by molar-refractivity contribution is -0.143. The molecule has 2 aromatic rings. The molecule has 0 aromatic heterocycles. The first-order valence-corrected chi connectivity index (χ1v) is 9.25. The maximum atomic E-state index is 11.6. The van der Waals surface area contributed by atoms with E-state index in [1.165, 1.54) is 5.56 Å². The number of aryl methyl sites for hydroxylation is 3. The van der Waals surface area contributed by atoms with Gasteiger partial charge in [0.1, 0.15) is 11.5 Å². The Morgan fingerprint density at radius 1 is 1.08 bits per heavy atom. The van der Waals surface area contributed by atoms with Crippen molar-refractivity contribution in [2.45, 2.75) is 53.0 Å². The number of nitrogens with two attached hydrogens (primary N) is 1. The van der Waals surface area contributed by atoms with Crippen molar-refractivity contribution in [1.82, 2.24) is 0 Å². The number of hydrogen-bond acceptors (Lipinski definition) is 4. The average Bonchev–Trinajstić information content (AvgIpc) is 2.60. The summed E-state index contributed by atoms with van der Waals surface area (Å²) in [6.45, 7) is 8.35. The molecule has 0 aliphatic heterocycles. The van der Waals surface area contributed by atoms with Gasteiger partial charge in [-0.3, -0.25) is 4.79 Å². The van der Waals surface area contributed by atoms with Gasteiger partial charge in [0, 0.05) is 12.5 Å². The molecule has 140 valence electrons. The van der Waals surface area contributed by atoms with Crippen LogP contribution in [0.25, 0.3) is 0 Å². The van der Waals surface area contributed by atoms with Crippen LogP contribution in [0.3, 0.4) is 0 Å². The van der Waals surface area contributed by atoms with Crippen LogP contribution >= 0.6 is 0 Å². The van der Waals surface area contributed by atoms with Gasteiger partial charge in [0.2, 0.25) is 0 Å². The molecule has 0 amide bonds. The van der Waals surface area contributed by atoms with Gasteiger partial charge >= 0.3 is 5.97 Å². The Morgan fingerprint density at radius 3 is 2.50 bits per heavy atom. The summed E-state index contributed by atoms with van der Waals surface area (Å²) >= 11 is 0. The van der Waals surface area contributed by atoms with Crippen LogP contribution in [0.15, 0.2) is 36.4 Å². The van der Waals surface area contributed by atoms with E-state index >= 15 is 0 Å². The molecule has 0 aliphatic carbocycles. The van der Waals surface area contributed by atoms with Crippen molar-refractivity contribution in [3.05, 3.63) is 58.7 Å². The predicted molar refractivity (Wildman–Crippen MR) is 105 cm³/mol. The Hall–Kier alpha value is -2.33. The van der Waals surface area contributed by atoms with Crippen LogP contribution in [-0.4, -0.2) is 12.6 Å². The lowest BCUT2D eigenvalue weighted by Gasteiger charge is -2.14. The highest BCUT2D eigenvalue weighted by atomic mass is 16.5. The van der Waals surface area contributed by atoms with E-state index in [1.54, 1.807) is 0 Å². The summed E-state index contributed by atoms with van der Waals surface area (Å²) in [7, 11) is 0. The van der Waals surface area contributed by atoms with Gasteiger partial charge in [-0.2, -0.15) is 0 Å². The zero-order valence-corrected chi connectivity index (χ0v) is 16.2. The first-order chi connectivity index (χ1) is 12.4. The van der Waals surface area contributed by atoms with Crippen LogP contribution in [-0.2, 0) is 22.4 Å². The van der Waals surface area contributed by atoms with Crippen LogP contribution in [0.4, 0.5) is 0 Å². The summed E-state index contributed by atoms with van der Waals surface area (Å²) in [5.41, 5.74) is 10.5. The number of esters is 1. The van der Waals surface area contributed by atoms with Crippen LogP contribution in [0, 0.1) is 6.92 Å². The molecule has 0 saturated carbocycles. The molecule has 0 fully saturated rings. The first-order valence-electron chi connectivity index (χ1n) is 9.25. The molecule has 2 aromatic carbocycles. The molecule has 0 bridgehead atoms. The lowest BCUT2D eigenvalue weighted by Crippen LogP contribution is -2.06. The van der Waals surface area contributed by atoms with E-state index in [4.69, 9.17) is 15.2 Å². The second kappa shape index (κ2) is 9.39. The highest BCUT2D eigenvalue weighted by Gasteiger charge is 2.09. The Kier molecular flexibility index (Phi) is 7.22. The minimum Gasteiger partial charge on any atom is -0.466 e. The molecule has 4 heteroatoms. The third kappa shape index (κ3) is 5.60. The molecule has 2 rings (SSSR count). The minimum atomic E-state index is -0.155. The summed E-state index contributed by atoms with van der Waals surface area (Å²) in [4.78, 5) is 11.6. The Morgan fingerprint density at radius 2 is 1.85 bits per heavy atom. The van der Waals surface area contributed by atoms with Gasteiger partial charge in [0.25, 0.3) is 0 Å². The summed E-state index contributed by atoms with van der Waals surface area (Å²) in [5, 5.41) is 0. The van der Waals surface area contributed by atoms with Gasteiger partial charge in [-0.1, -0.05) is 19.1 Å². The van der Waals surface area contributed by atoms with Crippen molar-refractivity contribution in [3.63, 3.8) is 0 Å². The van der Waals surface area contributed by atoms with Gasteiger partial charge in [0.15, 0.2) is 0 Å². The monoisotopic (exact) mass is 355 g/mol. The van der Waals surface area contributed by atoms with Crippen molar-refractivity contribution in [2.75, 3.05) is 6.61 Å². The lowest BCUT2D eigenvalue weighted by atomic mass is 10.0. The number of ether oxygens (including phenoxy) is 2. The molecule has 0 heterocycles. The summed E-state index contributed by atoms with van der Waals surface area (Å²) in [6.07, 6.45) is 1.96. The number of hydrogen-bond donors (Lipinski definition) is 1. The molecule has 2 N–H and O–H groups in total. The van der Waals surface area contributed by atoms with E-state index in [9.17, 15) is 4.79 Å². The summed E-state index contributed by atoms with van der Waals surface area (Å²) < 4.78 is 11.1. The zero-order chi connectivity index (χ0) is 19.1. The van der Waals surface area contributed by atoms with Crippen LogP contribution in [0.5, 0.6) is 11.5 Å². The fourth-order valence-corrected chi connectivity index (χ4v) is 2.94. The molecular weight excluding hydrogens is 326 g/mol. The average molecular weight is 355 g/mol. The third-order valence-electron chi connectivity index (χ3n) is 4.30. The van der Waals surface area contributed by atoms with E-state index in [2.05, 4.69) is 13.0 Å². The fraction of sp³-hybridized carbons (Fsp3) is 0.409. The van der Waals surface area contributed by atoms with Crippen molar-refractivity contribution in [2.24, 2.45) is 5.73 Å². The topological polar surface area (TPSA) is 61.5 Å². The van der Waals surface area contributed by atoms with Crippen LogP contribution in [0.1, 0.15) is 55.5 Å². The van der Waals surface area contributed by atoms with E-state index in [0.717, 1.165) is 34.6 Å². The van der Waals surface area contributed by atoms with Gasteiger partial charge in [-0.25, -0.2) is 0 Å². The molecule has 0 unspecified atom stereocenters. The van der Waals surface area contributed by atoms with Crippen molar-refractivity contribution in [1.29, 1.82) is 0 Å². The largest absolute Gasteiger partial charge is 0.466 e. The molecule has 0 aliphatic rings. The molecule has 0 spiro atoms. The van der Waals surface area contributed by atoms with Crippen molar-refractivity contribution < 1.29 is 14.3 Å². The summed E-state index contributed by atoms with van der Waals surface area (Å²) in [6, 6.07) is 12.1. The maximum absolute atomic E-state index is 11.6. The SMILES string of the molecule is CCOC(=O)CCc1ccc(Oc2cc(C)cc([C@@H](C)N)c2)cc1CC. The van der Waals surface area contributed by atoms with Gasteiger partial charge in [0.05, 0.1) is 6.61 Å². The van der Waals surface area contributed by atoms with E-state index in [0.29, 0.717) is 19.4 Å². The van der Waals surface area contributed by atoms with E-state index in [-0.39, 0.29) is 12.0 Å².